The zero-order valence-corrected chi connectivity index (χ0v) is 4.22. The van der Waals surface area contributed by atoms with Gasteiger partial charge in [-0.3, -0.25) is 0 Å². The second-order valence-electron chi connectivity index (χ2n) is 1.15. The number of hydrogen-bond donors (Lipinski definition) is 1. The second-order valence-corrected chi connectivity index (χ2v) is 1.15. The van der Waals surface area contributed by atoms with E-state index in [0.29, 0.717) is 0 Å². The average Bonchev–Trinajstić information content (AvgIpc) is 1.61. The first-order valence-electron chi connectivity index (χ1n) is 2.17. The van der Waals surface area contributed by atoms with Gasteiger partial charge in [0.15, 0.2) is 0 Å². The molecule has 48 valence electrons. The van der Waals surface area contributed by atoms with Crippen molar-refractivity contribution in [3.05, 3.63) is 12.2 Å². The molecule has 0 saturated carbocycles. The number of rotatable bonds is 2. The van der Waals surface area contributed by atoms with Crippen molar-refractivity contribution in [2.45, 2.75) is 20.8 Å². The second kappa shape index (κ2) is 6.21. The van der Waals surface area contributed by atoms with Gasteiger partial charge in [-0.05, 0) is 6.42 Å². The molecule has 0 bridgehead atoms. The Morgan fingerprint density at radius 2 is 2.25 bits per heavy atom. The maximum Gasteiger partial charge on any atom is 0.327 e. The summed E-state index contributed by atoms with van der Waals surface area (Å²) in [5.41, 5.74) is 0. The molecule has 2 nitrogen and oxygen atoms in total. The van der Waals surface area contributed by atoms with E-state index in [4.69, 9.17) is 5.11 Å². The number of carboxylic acids is 1. The minimum absolute atomic E-state index is 0. The lowest BCUT2D eigenvalue weighted by Gasteiger charge is -1.73. The van der Waals surface area contributed by atoms with Gasteiger partial charge in [0.2, 0.25) is 0 Å². The van der Waals surface area contributed by atoms with Crippen LogP contribution in [0.5, 0.6) is 0 Å². The normalized spacial score (nSPS) is 8.62. The Morgan fingerprint density at radius 1 is 1.75 bits per heavy atom. The molecule has 0 fully saturated rings. The van der Waals surface area contributed by atoms with Crippen LogP contribution >= 0.6 is 0 Å². The van der Waals surface area contributed by atoms with Crippen LogP contribution in [0, 0.1) is 0 Å². The molecule has 0 radical (unpaired) electrons. The topological polar surface area (TPSA) is 37.3 Å². The van der Waals surface area contributed by atoms with E-state index in [0.717, 1.165) is 12.5 Å². The summed E-state index contributed by atoms with van der Waals surface area (Å²) in [6, 6.07) is 0. The van der Waals surface area contributed by atoms with Crippen LogP contribution in [0.3, 0.4) is 0 Å². The van der Waals surface area contributed by atoms with E-state index in [9.17, 15) is 4.79 Å². The van der Waals surface area contributed by atoms with Crippen LogP contribution in [0.1, 0.15) is 20.8 Å². The van der Waals surface area contributed by atoms with E-state index in [-0.39, 0.29) is 7.43 Å². The van der Waals surface area contributed by atoms with E-state index in [1.807, 2.05) is 6.92 Å². The predicted octanol–water partition coefficient (Wildman–Crippen LogP) is 1.67. The predicted molar refractivity (Wildman–Crippen MR) is 33.8 cm³/mol. The van der Waals surface area contributed by atoms with Crippen molar-refractivity contribution in [2.75, 3.05) is 0 Å². The fraction of sp³-hybridized carbons (Fsp3) is 0.500. The summed E-state index contributed by atoms with van der Waals surface area (Å²) >= 11 is 0. The lowest BCUT2D eigenvalue weighted by molar-refractivity contribution is -0.131. The molecule has 0 unspecified atom stereocenters. The lowest BCUT2D eigenvalue weighted by Crippen LogP contribution is -1.84. The van der Waals surface area contributed by atoms with Crippen LogP contribution in [0.15, 0.2) is 12.2 Å². The van der Waals surface area contributed by atoms with Gasteiger partial charge in [0, 0.05) is 6.08 Å². The third kappa shape index (κ3) is 8.96. The van der Waals surface area contributed by atoms with Crippen LogP contribution in [0.25, 0.3) is 0 Å². The van der Waals surface area contributed by atoms with Gasteiger partial charge in [-0.15, -0.1) is 0 Å². The molecular formula is C6H12O2. The van der Waals surface area contributed by atoms with Gasteiger partial charge in [-0.2, -0.15) is 0 Å². The Morgan fingerprint density at radius 3 is 2.38 bits per heavy atom. The number of carbonyl (C=O) groups is 1. The summed E-state index contributed by atoms with van der Waals surface area (Å²) in [6.07, 6.45) is 3.52. The first kappa shape index (κ1) is 10.2. The Bertz CT molecular complexity index is 84.5. The molecule has 0 aromatic carbocycles. The molecule has 0 saturated heterocycles. The molecule has 0 aliphatic rings. The van der Waals surface area contributed by atoms with Crippen LogP contribution < -0.4 is 0 Å². The molecule has 0 amide bonds. The summed E-state index contributed by atoms with van der Waals surface area (Å²) in [7, 11) is 0. The zero-order chi connectivity index (χ0) is 5.70. The Hall–Kier alpha value is -0.790. The molecule has 2 heteroatoms. The maximum atomic E-state index is 9.67. The minimum Gasteiger partial charge on any atom is -0.478 e. The van der Waals surface area contributed by atoms with Gasteiger partial charge in [-0.25, -0.2) is 4.79 Å². The van der Waals surface area contributed by atoms with Gasteiger partial charge in [0.25, 0.3) is 0 Å². The highest BCUT2D eigenvalue weighted by molar-refractivity contribution is 5.79. The van der Waals surface area contributed by atoms with Crippen molar-refractivity contribution in [1.29, 1.82) is 0 Å². The Labute approximate surface area is 49.8 Å². The molecule has 0 aliphatic carbocycles. The smallest absolute Gasteiger partial charge is 0.327 e. The summed E-state index contributed by atoms with van der Waals surface area (Å²) in [5.74, 6) is -0.873. The monoisotopic (exact) mass is 116 g/mol. The summed E-state index contributed by atoms with van der Waals surface area (Å²) < 4.78 is 0. The van der Waals surface area contributed by atoms with Crippen molar-refractivity contribution in [2.24, 2.45) is 0 Å². The van der Waals surface area contributed by atoms with Crippen LogP contribution in [-0.2, 0) is 4.79 Å². The van der Waals surface area contributed by atoms with Crippen LogP contribution in [0.2, 0.25) is 0 Å². The van der Waals surface area contributed by atoms with Crippen molar-refractivity contribution in [3.63, 3.8) is 0 Å². The van der Waals surface area contributed by atoms with Crippen LogP contribution in [-0.4, -0.2) is 11.1 Å². The van der Waals surface area contributed by atoms with E-state index in [2.05, 4.69) is 0 Å². The van der Waals surface area contributed by atoms with Crippen molar-refractivity contribution in [3.8, 4) is 0 Å². The number of allylic oxidation sites excluding steroid dienone is 1. The standard InChI is InChI=1S/C5H8O2.CH4/c1-2-3-4-5(6)7;/h3-4H,2H2,1H3,(H,6,7);1H4. The van der Waals surface area contributed by atoms with E-state index < -0.39 is 5.97 Å². The molecule has 0 rings (SSSR count). The molecule has 0 aliphatic heterocycles. The highest BCUT2D eigenvalue weighted by atomic mass is 16.4. The molecule has 0 atom stereocenters. The van der Waals surface area contributed by atoms with Gasteiger partial charge in [-0.1, -0.05) is 20.4 Å². The largest absolute Gasteiger partial charge is 0.478 e. The molecule has 0 heterocycles. The Balaban J connectivity index is 0. The first-order valence-corrected chi connectivity index (χ1v) is 2.17. The third-order valence-corrected chi connectivity index (χ3v) is 0.496. The number of aliphatic carboxylic acids is 1. The van der Waals surface area contributed by atoms with Gasteiger partial charge >= 0.3 is 5.97 Å². The molecule has 1 N–H and O–H groups in total. The zero-order valence-electron chi connectivity index (χ0n) is 4.22. The molecule has 0 aromatic rings. The SMILES string of the molecule is C.CCC=CC(=O)O. The highest BCUT2D eigenvalue weighted by Gasteiger charge is 1.79. The molecule has 0 aromatic heterocycles. The van der Waals surface area contributed by atoms with E-state index in [1.54, 1.807) is 6.08 Å². The summed E-state index contributed by atoms with van der Waals surface area (Å²) in [6.45, 7) is 1.89. The van der Waals surface area contributed by atoms with E-state index >= 15 is 0 Å². The maximum absolute atomic E-state index is 9.67. The Kier molecular flexibility index (Phi) is 7.95. The van der Waals surface area contributed by atoms with Crippen molar-refractivity contribution >= 4 is 5.97 Å². The van der Waals surface area contributed by atoms with Gasteiger partial charge in [0.05, 0.1) is 0 Å². The van der Waals surface area contributed by atoms with Gasteiger partial charge in [0.1, 0.15) is 0 Å². The molecule has 8 heavy (non-hydrogen) atoms. The third-order valence-electron chi connectivity index (χ3n) is 0.496. The fourth-order valence-electron chi connectivity index (χ4n) is 0.219. The highest BCUT2D eigenvalue weighted by Crippen LogP contribution is 1.76. The van der Waals surface area contributed by atoms with Crippen LogP contribution in [0.4, 0.5) is 0 Å². The van der Waals surface area contributed by atoms with Crippen molar-refractivity contribution < 1.29 is 9.90 Å². The van der Waals surface area contributed by atoms with Crippen molar-refractivity contribution in [1.82, 2.24) is 0 Å². The molecule has 0 spiro atoms. The quantitative estimate of drug-likeness (QED) is 0.557. The number of carboxylic acid groups (broad SMARTS) is 1. The fourth-order valence-corrected chi connectivity index (χ4v) is 0.219. The lowest BCUT2D eigenvalue weighted by atomic mass is 10.4. The summed E-state index contributed by atoms with van der Waals surface area (Å²) in [5, 5.41) is 7.96. The summed E-state index contributed by atoms with van der Waals surface area (Å²) in [4.78, 5) is 9.67. The average molecular weight is 116 g/mol. The first-order chi connectivity index (χ1) is 3.27. The van der Waals surface area contributed by atoms with Gasteiger partial charge < -0.3 is 5.11 Å². The van der Waals surface area contributed by atoms with E-state index in [1.165, 1.54) is 0 Å². The minimum atomic E-state index is -0.873. The molecular weight excluding hydrogens is 104 g/mol. The number of hydrogen-bond acceptors (Lipinski definition) is 1.